The predicted octanol–water partition coefficient (Wildman–Crippen LogP) is 0.532. The number of carboxylic acid groups (broad SMARTS) is 1. The van der Waals surface area contributed by atoms with Gasteiger partial charge >= 0.3 is 5.97 Å². The van der Waals surface area contributed by atoms with Gasteiger partial charge in [0.15, 0.2) is 0 Å². The number of rotatable bonds is 7. The van der Waals surface area contributed by atoms with Crippen molar-refractivity contribution in [3.8, 4) is 0 Å². The molecular formula is C13H26N2O3. The van der Waals surface area contributed by atoms with Crippen LogP contribution in [0.3, 0.4) is 0 Å². The lowest BCUT2D eigenvalue weighted by Gasteiger charge is -2.40. The maximum atomic E-state index is 10.6. The lowest BCUT2D eigenvalue weighted by Crippen LogP contribution is -2.51. The smallest absolute Gasteiger partial charge is 0.303 e. The molecule has 5 nitrogen and oxygen atoms in total. The molecular weight excluding hydrogens is 232 g/mol. The SMILES string of the molecule is CC(C)N1CC(CCC(=O)O)CC(NCCO)C1. The zero-order valence-corrected chi connectivity index (χ0v) is 11.4. The van der Waals surface area contributed by atoms with Crippen LogP contribution in [0.25, 0.3) is 0 Å². The standard InChI is InChI=1S/C13H26N2O3/c1-10(2)15-8-11(3-4-13(17)18)7-12(9-15)14-5-6-16/h10-12,14,16H,3-9H2,1-2H3,(H,17,18). The molecule has 0 saturated carbocycles. The van der Waals surface area contributed by atoms with Gasteiger partial charge in [-0.3, -0.25) is 9.69 Å². The Balaban J connectivity index is 2.48. The van der Waals surface area contributed by atoms with Gasteiger partial charge in [-0.2, -0.15) is 0 Å². The Hall–Kier alpha value is -0.650. The van der Waals surface area contributed by atoms with Crippen LogP contribution >= 0.6 is 0 Å². The molecule has 0 aromatic carbocycles. The molecule has 1 fully saturated rings. The summed E-state index contributed by atoms with van der Waals surface area (Å²) in [6.45, 7) is 7.08. The average Bonchev–Trinajstić information content (AvgIpc) is 2.33. The number of piperidine rings is 1. The van der Waals surface area contributed by atoms with E-state index in [1.165, 1.54) is 0 Å². The normalized spacial score (nSPS) is 25.6. The van der Waals surface area contributed by atoms with Crippen molar-refractivity contribution < 1.29 is 15.0 Å². The van der Waals surface area contributed by atoms with Crippen LogP contribution in [0.1, 0.15) is 33.1 Å². The van der Waals surface area contributed by atoms with E-state index in [9.17, 15) is 4.79 Å². The molecule has 1 saturated heterocycles. The van der Waals surface area contributed by atoms with Gasteiger partial charge in [0.05, 0.1) is 6.61 Å². The summed E-state index contributed by atoms with van der Waals surface area (Å²) in [5.74, 6) is -0.273. The molecule has 5 heteroatoms. The zero-order chi connectivity index (χ0) is 13.5. The van der Waals surface area contributed by atoms with Gasteiger partial charge in [0, 0.05) is 38.1 Å². The molecule has 0 bridgehead atoms. The number of aliphatic hydroxyl groups excluding tert-OH is 1. The van der Waals surface area contributed by atoms with Crippen molar-refractivity contribution in [2.24, 2.45) is 5.92 Å². The first-order valence-electron chi connectivity index (χ1n) is 6.83. The Kier molecular flexibility index (Phi) is 6.60. The second-order valence-electron chi connectivity index (χ2n) is 5.46. The summed E-state index contributed by atoms with van der Waals surface area (Å²) in [4.78, 5) is 13.0. The molecule has 0 amide bonds. The fourth-order valence-electron chi connectivity index (χ4n) is 2.62. The maximum Gasteiger partial charge on any atom is 0.303 e. The molecule has 1 aliphatic rings. The Morgan fingerprint density at radius 1 is 1.44 bits per heavy atom. The predicted molar refractivity (Wildman–Crippen MR) is 70.6 cm³/mol. The average molecular weight is 258 g/mol. The number of aliphatic hydroxyl groups is 1. The molecule has 0 aromatic rings. The minimum Gasteiger partial charge on any atom is -0.481 e. The van der Waals surface area contributed by atoms with Crippen LogP contribution in [0.15, 0.2) is 0 Å². The summed E-state index contributed by atoms with van der Waals surface area (Å²) < 4.78 is 0. The van der Waals surface area contributed by atoms with Crippen molar-refractivity contribution in [1.82, 2.24) is 10.2 Å². The van der Waals surface area contributed by atoms with Gasteiger partial charge in [-0.1, -0.05) is 0 Å². The van der Waals surface area contributed by atoms with E-state index in [1.54, 1.807) is 0 Å². The summed E-state index contributed by atoms with van der Waals surface area (Å²) in [5.41, 5.74) is 0. The molecule has 0 aromatic heterocycles. The number of carbonyl (C=O) groups is 1. The second kappa shape index (κ2) is 7.71. The summed E-state index contributed by atoms with van der Waals surface area (Å²) in [6, 6.07) is 0.850. The van der Waals surface area contributed by atoms with Gasteiger partial charge < -0.3 is 15.5 Å². The molecule has 1 heterocycles. The van der Waals surface area contributed by atoms with Crippen molar-refractivity contribution in [2.45, 2.75) is 45.2 Å². The fraction of sp³-hybridized carbons (Fsp3) is 0.923. The molecule has 3 N–H and O–H groups in total. The summed E-state index contributed by atoms with van der Waals surface area (Å²) in [7, 11) is 0. The van der Waals surface area contributed by atoms with Gasteiger partial charge in [-0.25, -0.2) is 0 Å². The van der Waals surface area contributed by atoms with Crippen LogP contribution in [0.4, 0.5) is 0 Å². The Morgan fingerprint density at radius 2 is 2.17 bits per heavy atom. The van der Waals surface area contributed by atoms with E-state index in [-0.39, 0.29) is 13.0 Å². The fourth-order valence-corrected chi connectivity index (χ4v) is 2.62. The minimum atomic E-state index is -0.712. The first-order chi connectivity index (χ1) is 8.52. The van der Waals surface area contributed by atoms with Crippen molar-refractivity contribution in [3.05, 3.63) is 0 Å². The molecule has 18 heavy (non-hydrogen) atoms. The van der Waals surface area contributed by atoms with E-state index < -0.39 is 5.97 Å². The number of nitrogens with one attached hydrogen (secondary N) is 1. The van der Waals surface area contributed by atoms with Crippen LogP contribution in [0.2, 0.25) is 0 Å². The lowest BCUT2D eigenvalue weighted by molar-refractivity contribution is -0.137. The number of likely N-dealkylation sites (tertiary alicyclic amines) is 1. The number of hydrogen-bond donors (Lipinski definition) is 3. The van der Waals surface area contributed by atoms with Crippen molar-refractivity contribution in [3.63, 3.8) is 0 Å². The van der Waals surface area contributed by atoms with E-state index in [0.717, 1.165) is 25.9 Å². The largest absolute Gasteiger partial charge is 0.481 e. The first-order valence-corrected chi connectivity index (χ1v) is 6.83. The van der Waals surface area contributed by atoms with Gasteiger partial charge in [0.2, 0.25) is 0 Å². The maximum absolute atomic E-state index is 10.6. The minimum absolute atomic E-state index is 0.151. The third-order valence-corrected chi connectivity index (χ3v) is 3.61. The van der Waals surface area contributed by atoms with Crippen LogP contribution in [0.5, 0.6) is 0 Å². The van der Waals surface area contributed by atoms with E-state index in [2.05, 4.69) is 24.1 Å². The highest BCUT2D eigenvalue weighted by Gasteiger charge is 2.28. The van der Waals surface area contributed by atoms with Crippen molar-refractivity contribution in [1.29, 1.82) is 0 Å². The molecule has 0 radical (unpaired) electrons. The van der Waals surface area contributed by atoms with E-state index in [4.69, 9.17) is 10.2 Å². The topological polar surface area (TPSA) is 72.8 Å². The summed E-state index contributed by atoms with van der Waals surface area (Å²) in [6.07, 6.45) is 2.01. The van der Waals surface area contributed by atoms with E-state index in [0.29, 0.717) is 24.5 Å². The van der Waals surface area contributed by atoms with Gasteiger partial charge in [0.25, 0.3) is 0 Å². The van der Waals surface area contributed by atoms with Gasteiger partial charge in [-0.15, -0.1) is 0 Å². The lowest BCUT2D eigenvalue weighted by atomic mass is 9.89. The second-order valence-corrected chi connectivity index (χ2v) is 5.46. The molecule has 1 rings (SSSR count). The third-order valence-electron chi connectivity index (χ3n) is 3.61. The molecule has 0 aliphatic carbocycles. The number of carboxylic acids is 1. The monoisotopic (exact) mass is 258 g/mol. The summed E-state index contributed by atoms with van der Waals surface area (Å²) >= 11 is 0. The van der Waals surface area contributed by atoms with E-state index in [1.807, 2.05) is 0 Å². The highest BCUT2D eigenvalue weighted by atomic mass is 16.4. The van der Waals surface area contributed by atoms with Crippen LogP contribution in [-0.2, 0) is 4.79 Å². The van der Waals surface area contributed by atoms with Crippen LogP contribution < -0.4 is 5.32 Å². The summed E-state index contributed by atoms with van der Waals surface area (Å²) in [5, 5.41) is 21.0. The van der Waals surface area contributed by atoms with Crippen LogP contribution in [-0.4, -0.2) is 59.4 Å². The highest BCUT2D eigenvalue weighted by molar-refractivity contribution is 5.66. The molecule has 2 unspecified atom stereocenters. The molecule has 2 atom stereocenters. The Morgan fingerprint density at radius 3 is 2.72 bits per heavy atom. The van der Waals surface area contributed by atoms with Crippen molar-refractivity contribution in [2.75, 3.05) is 26.2 Å². The quantitative estimate of drug-likeness (QED) is 0.621. The number of aliphatic carboxylic acids is 1. The molecule has 0 spiro atoms. The molecule has 106 valence electrons. The highest BCUT2D eigenvalue weighted by Crippen LogP contribution is 2.22. The van der Waals surface area contributed by atoms with E-state index >= 15 is 0 Å². The van der Waals surface area contributed by atoms with Gasteiger partial charge in [0.1, 0.15) is 0 Å². The zero-order valence-electron chi connectivity index (χ0n) is 11.4. The Labute approximate surface area is 109 Å². The molecule has 1 aliphatic heterocycles. The van der Waals surface area contributed by atoms with Gasteiger partial charge in [-0.05, 0) is 32.6 Å². The van der Waals surface area contributed by atoms with Crippen molar-refractivity contribution >= 4 is 5.97 Å². The first kappa shape index (κ1) is 15.4. The Bertz CT molecular complexity index is 259. The van der Waals surface area contributed by atoms with Crippen LogP contribution in [0, 0.1) is 5.92 Å². The number of hydrogen-bond acceptors (Lipinski definition) is 4. The number of nitrogens with zero attached hydrogens (tertiary/aromatic N) is 1. The third kappa shape index (κ3) is 5.33.